The molecule has 1 nitrogen and oxygen atoms in total. The van der Waals surface area contributed by atoms with Crippen LogP contribution in [0.2, 0.25) is 54.1 Å². The molecular formula is C15H31NSi2Sn. The Morgan fingerprint density at radius 2 is 1.37 bits per heavy atom. The van der Waals surface area contributed by atoms with Crippen molar-refractivity contribution in [2.75, 3.05) is 0 Å². The van der Waals surface area contributed by atoms with Gasteiger partial charge in [-0.25, -0.2) is 0 Å². The summed E-state index contributed by atoms with van der Waals surface area (Å²) in [7, 11) is -2.71. The van der Waals surface area contributed by atoms with Crippen LogP contribution in [0.5, 0.6) is 0 Å². The second-order valence-corrected chi connectivity index (χ2v) is 37.6. The van der Waals surface area contributed by atoms with Gasteiger partial charge in [0.15, 0.2) is 0 Å². The molecular weight excluding hydrogens is 369 g/mol. The molecule has 0 aliphatic carbocycles. The van der Waals surface area contributed by atoms with E-state index >= 15 is 0 Å². The molecule has 1 rings (SSSR count). The molecule has 1 heterocycles. The van der Waals surface area contributed by atoms with Gasteiger partial charge in [-0.1, -0.05) is 0 Å². The van der Waals surface area contributed by atoms with Crippen molar-refractivity contribution >= 4 is 34.5 Å². The van der Waals surface area contributed by atoms with Crippen molar-refractivity contribution in [2.24, 2.45) is 0 Å². The standard InChI is InChI=1S/C12H22NSi2.3CH3.Sn/c1-14(2,3)12(15(4,5)6)11-9-7-8-10-13-11;;;;/h7-10H,1-6H3;3*1H3;. The Morgan fingerprint density at radius 1 is 0.895 bits per heavy atom. The van der Waals surface area contributed by atoms with Gasteiger partial charge in [-0.15, -0.1) is 0 Å². The van der Waals surface area contributed by atoms with E-state index in [1.165, 1.54) is 5.69 Å². The van der Waals surface area contributed by atoms with E-state index in [1.54, 1.807) is 0 Å². The van der Waals surface area contributed by atoms with Crippen LogP contribution in [-0.2, 0) is 2.68 Å². The molecule has 0 saturated carbocycles. The van der Waals surface area contributed by atoms with Crippen LogP contribution < -0.4 is 0 Å². The monoisotopic (exact) mass is 401 g/mol. The Balaban J connectivity index is 3.76. The number of hydrogen-bond donors (Lipinski definition) is 0. The van der Waals surface area contributed by atoms with Gasteiger partial charge < -0.3 is 0 Å². The maximum absolute atomic E-state index is 4.87. The minimum absolute atomic E-state index is 0.482. The maximum atomic E-state index is 4.87. The SMILES string of the molecule is C[Si](C)(C)[C](c1ccccn1)([Si](C)(C)C)[Sn]([CH3])([CH3])[CH3]. The van der Waals surface area contributed by atoms with Crippen molar-refractivity contribution in [1.29, 1.82) is 0 Å². The molecule has 19 heavy (non-hydrogen) atoms. The Morgan fingerprint density at radius 3 is 1.63 bits per heavy atom. The van der Waals surface area contributed by atoms with Gasteiger partial charge in [0.05, 0.1) is 0 Å². The fourth-order valence-corrected chi connectivity index (χ4v) is 61.6. The second kappa shape index (κ2) is 5.30. The Kier molecular flexibility index (Phi) is 4.86. The van der Waals surface area contributed by atoms with E-state index in [4.69, 9.17) is 4.98 Å². The third-order valence-electron chi connectivity index (χ3n) is 4.42. The van der Waals surface area contributed by atoms with Gasteiger partial charge in [0, 0.05) is 0 Å². The number of aromatic nitrogens is 1. The van der Waals surface area contributed by atoms with E-state index in [0.717, 1.165) is 0 Å². The van der Waals surface area contributed by atoms with Crippen LogP contribution in [0.4, 0.5) is 0 Å². The zero-order valence-electron chi connectivity index (χ0n) is 14.3. The number of pyridine rings is 1. The molecule has 0 fully saturated rings. The van der Waals surface area contributed by atoms with Crippen LogP contribution in [0.15, 0.2) is 24.4 Å². The second-order valence-electron chi connectivity index (χ2n) is 8.71. The quantitative estimate of drug-likeness (QED) is 0.652. The van der Waals surface area contributed by atoms with Crippen molar-refractivity contribution in [1.82, 2.24) is 4.98 Å². The average molecular weight is 400 g/mol. The van der Waals surface area contributed by atoms with E-state index in [-0.39, 0.29) is 0 Å². The molecule has 4 heteroatoms. The predicted molar refractivity (Wildman–Crippen MR) is 96.0 cm³/mol. The van der Waals surface area contributed by atoms with E-state index in [2.05, 4.69) is 72.3 Å². The summed E-state index contributed by atoms with van der Waals surface area (Å²) in [5, 5.41) is 0. The Labute approximate surface area is 126 Å². The number of rotatable bonds is 4. The topological polar surface area (TPSA) is 12.9 Å². The Hall–Kier alpha value is 0.382. The summed E-state index contributed by atoms with van der Waals surface area (Å²) in [6.45, 7) is 15.4. The molecule has 0 aromatic carbocycles. The van der Waals surface area contributed by atoms with Crippen LogP contribution in [0.25, 0.3) is 0 Å². The normalized spacial score (nSPS) is 14.6. The molecule has 0 spiro atoms. The number of hydrogen-bond acceptors (Lipinski definition) is 1. The first-order valence-corrected chi connectivity index (χ1v) is 24.3. The summed E-state index contributed by atoms with van der Waals surface area (Å²) in [4.78, 5) is 12.7. The zero-order chi connectivity index (χ0) is 15.1. The van der Waals surface area contributed by atoms with E-state index in [9.17, 15) is 0 Å². The van der Waals surface area contributed by atoms with Crippen LogP contribution in [0.3, 0.4) is 0 Å². The average Bonchev–Trinajstić information content (AvgIpc) is 2.12. The van der Waals surface area contributed by atoms with Gasteiger partial charge in [-0.05, 0) is 0 Å². The molecule has 1 aromatic rings. The molecule has 0 aliphatic heterocycles. The molecule has 108 valence electrons. The summed E-state index contributed by atoms with van der Waals surface area (Å²) in [5.74, 6) is 0. The van der Waals surface area contributed by atoms with Crippen LogP contribution in [0, 0.1) is 0 Å². The summed E-state index contributed by atoms with van der Waals surface area (Å²) >= 11 is -2.22. The van der Waals surface area contributed by atoms with Gasteiger partial charge in [0.1, 0.15) is 0 Å². The predicted octanol–water partition coefficient (Wildman–Crippen LogP) is 4.95. The van der Waals surface area contributed by atoms with Crippen LogP contribution in [-0.4, -0.2) is 39.5 Å². The first-order valence-electron chi connectivity index (χ1n) is 7.27. The Bertz CT molecular complexity index is 388. The molecule has 1 aromatic heterocycles. The molecule has 0 unspecified atom stereocenters. The molecule has 0 amide bonds. The van der Waals surface area contributed by atoms with Gasteiger partial charge in [-0.3, -0.25) is 0 Å². The van der Waals surface area contributed by atoms with Gasteiger partial charge in [0.25, 0.3) is 0 Å². The summed E-state index contributed by atoms with van der Waals surface area (Å²) in [6.07, 6.45) is 2.00. The summed E-state index contributed by atoms with van der Waals surface area (Å²) < 4.78 is 0.482. The molecule has 0 saturated heterocycles. The third-order valence-corrected chi connectivity index (χ3v) is 44.0. The van der Waals surface area contributed by atoms with Crippen molar-refractivity contribution in [3.63, 3.8) is 0 Å². The molecule has 0 aliphatic rings. The minimum atomic E-state index is -2.22. The van der Waals surface area contributed by atoms with Gasteiger partial charge in [0.2, 0.25) is 0 Å². The van der Waals surface area contributed by atoms with Crippen LogP contribution in [0.1, 0.15) is 5.69 Å². The van der Waals surface area contributed by atoms with E-state index in [1.807, 2.05) is 6.20 Å². The molecule has 0 bridgehead atoms. The third kappa shape index (κ3) is 2.88. The van der Waals surface area contributed by atoms with Crippen LogP contribution >= 0.6 is 0 Å². The van der Waals surface area contributed by atoms with Crippen molar-refractivity contribution in [2.45, 2.75) is 56.8 Å². The molecule has 0 N–H and O–H groups in total. The first kappa shape index (κ1) is 17.4. The molecule has 0 radical (unpaired) electrons. The van der Waals surface area contributed by atoms with Crippen molar-refractivity contribution in [3.05, 3.63) is 30.1 Å². The number of nitrogens with zero attached hydrogens (tertiary/aromatic N) is 1. The fraction of sp³-hybridized carbons (Fsp3) is 0.667. The van der Waals surface area contributed by atoms with Crippen molar-refractivity contribution in [3.8, 4) is 0 Å². The van der Waals surface area contributed by atoms with Gasteiger partial charge in [-0.2, -0.15) is 0 Å². The zero-order valence-corrected chi connectivity index (χ0v) is 19.1. The molecule has 0 atom stereocenters. The van der Waals surface area contributed by atoms with E-state index in [0.29, 0.717) is 2.68 Å². The first-order chi connectivity index (χ1) is 8.36. The van der Waals surface area contributed by atoms with Crippen molar-refractivity contribution < 1.29 is 0 Å². The van der Waals surface area contributed by atoms with Gasteiger partial charge >= 0.3 is 126 Å². The summed E-state index contributed by atoms with van der Waals surface area (Å²) in [6, 6.07) is 6.56. The summed E-state index contributed by atoms with van der Waals surface area (Å²) in [5.41, 5.74) is 1.43. The van der Waals surface area contributed by atoms with E-state index < -0.39 is 34.5 Å². The fourth-order valence-electron chi connectivity index (χ4n) is 5.11.